The largest absolute Gasteiger partial charge is 0.345 e. The van der Waals surface area contributed by atoms with Crippen molar-refractivity contribution in [2.75, 3.05) is 26.2 Å². The van der Waals surface area contributed by atoms with Gasteiger partial charge in [0.25, 0.3) is 0 Å². The van der Waals surface area contributed by atoms with Gasteiger partial charge in [-0.25, -0.2) is 0 Å². The Morgan fingerprint density at radius 1 is 1.03 bits per heavy atom. The molecule has 0 aliphatic carbocycles. The summed E-state index contributed by atoms with van der Waals surface area (Å²) in [4.78, 5) is 16.3. The maximum atomic E-state index is 14.0. The minimum atomic E-state index is -0.0324. The summed E-state index contributed by atoms with van der Waals surface area (Å²) in [7, 11) is 0. The number of likely N-dealkylation sites (tertiary alicyclic amines) is 1. The van der Waals surface area contributed by atoms with Gasteiger partial charge in [0, 0.05) is 12.1 Å². The summed E-state index contributed by atoms with van der Waals surface area (Å²) in [6.07, 6.45) is 3.42. The minimum Gasteiger partial charge on any atom is -0.345 e. The van der Waals surface area contributed by atoms with Gasteiger partial charge in [0.05, 0.1) is 25.7 Å². The number of amides is 1. The monoisotopic (exact) mass is 391 g/mol. The Kier molecular flexibility index (Phi) is 4.92. The standard InChI is InChI=1S/C25H31N3O/c1-18-8-7-11-21-20(18)14-26-16-25(21)17-27-15-22(25)24(29)28-13-6-5-12-23(28)19-9-3-2-4-10-19/h2-4,7-11,22-23,26-27H,5-6,12-17H2,1H3/p+2/t22-,23-,25-/m0/s1. The van der Waals surface area contributed by atoms with E-state index in [9.17, 15) is 4.79 Å². The highest BCUT2D eigenvalue weighted by Gasteiger charge is 2.56. The van der Waals surface area contributed by atoms with E-state index in [0.29, 0.717) is 5.91 Å². The van der Waals surface area contributed by atoms with Crippen LogP contribution in [-0.4, -0.2) is 37.0 Å². The number of carbonyl (C=O) groups excluding carboxylic acids is 1. The Morgan fingerprint density at radius 3 is 2.72 bits per heavy atom. The Morgan fingerprint density at radius 2 is 1.86 bits per heavy atom. The lowest BCUT2D eigenvalue weighted by atomic mass is 9.67. The zero-order valence-corrected chi connectivity index (χ0v) is 17.4. The van der Waals surface area contributed by atoms with E-state index in [1.165, 1.54) is 28.7 Å². The molecule has 4 N–H and O–H groups in total. The summed E-state index contributed by atoms with van der Waals surface area (Å²) in [5.41, 5.74) is 5.54. The molecule has 29 heavy (non-hydrogen) atoms. The third-order valence-corrected chi connectivity index (χ3v) is 7.65. The molecule has 4 nitrogen and oxygen atoms in total. The second kappa shape index (κ2) is 7.58. The number of rotatable bonds is 2. The Balaban J connectivity index is 1.51. The van der Waals surface area contributed by atoms with Crippen molar-refractivity contribution < 1.29 is 15.4 Å². The number of nitrogens with zero attached hydrogens (tertiary/aromatic N) is 1. The number of hydrogen-bond donors (Lipinski definition) is 2. The van der Waals surface area contributed by atoms with Crippen LogP contribution in [-0.2, 0) is 16.8 Å². The fraction of sp³-hybridized carbons (Fsp3) is 0.480. The van der Waals surface area contributed by atoms with Gasteiger partial charge in [0.15, 0.2) is 0 Å². The predicted molar refractivity (Wildman–Crippen MR) is 113 cm³/mol. The third-order valence-electron chi connectivity index (χ3n) is 7.65. The molecule has 2 aromatic rings. The average molecular weight is 392 g/mol. The van der Waals surface area contributed by atoms with E-state index in [1.54, 1.807) is 0 Å². The molecule has 0 bridgehead atoms. The fourth-order valence-electron chi connectivity index (χ4n) is 6.18. The van der Waals surface area contributed by atoms with Gasteiger partial charge in [-0.1, -0.05) is 48.5 Å². The molecule has 3 atom stereocenters. The van der Waals surface area contributed by atoms with Crippen LogP contribution in [0.5, 0.6) is 0 Å². The van der Waals surface area contributed by atoms with Crippen molar-refractivity contribution in [1.82, 2.24) is 4.90 Å². The van der Waals surface area contributed by atoms with Crippen LogP contribution in [0.15, 0.2) is 48.5 Å². The van der Waals surface area contributed by atoms with Gasteiger partial charge in [0.1, 0.15) is 17.9 Å². The maximum absolute atomic E-state index is 14.0. The van der Waals surface area contributed by atoms with E-state index >= 15 is 0 Å². The molecule has 3 aliphatic rings. The van der Waals surface area contributed by atoms with Gasteiger partial charge in [-0.2, -0.15) is 0 Å². The summed E-state index contributed by atoms with van der Waals surface area (Å²) < 4.78 is 0. The number of benzene rings is 2. The maximum Gasteiger partial charge on any atom is 0.233 e. The van der Waals surface area contributed by atoms with Crippen LogP contribution >= 0.6 is 0 Å². The first-order valence-corrected chi connectivity index (χ1v) is 11.3. The molecule has 4 heteroatoms. The lowest BCUT2D eigenvalue weighted by Gasteiger charge is -2.41. The van der Waals surface area contributed by atoms with E-state index in [1.807, 2.05) is 0 Å². The lowest BCUT2D eigenvalue weighted by molar-refractivity contribution is -0.691. The SMILES string of the molecule is Cc1cccc2c1C[NH2+]C[C@]21C[NH2+]C[C@H]1C(=O)N1CCCC[C@H]1c1ccccc1. The van der Waals surface area contributed by atoms with Gasteiger partial charge in [-0.05, 0) is 42.9 Å². The van der Waals surface area contributed by atoms with Crippen molar-refractivity contribution in [2.24, 2.45) is 5.92 Å². The normalized spacial score (nSPS) is 29.1. The van der Waals surface area contributed by atoms with E-state index in [-0.39, 0.29) is 17.4 Å². The number of piperidine rings is 1. The van der Waals surface area contributed by atoms with E-state index < -0.39 is 0 Å². The molecule has 0 saturated carbocycles. The molecule has 2 aromatic carbocycles. The molecular formula is C25H33N3O+2. The van der Waals surface area contributed by atoms with Crippen LogP contribution < -0.4 is 10.6 Å². The third kappa shape index (κ3) is 3.10. The van der Waals surface area contributed by atoms with Crippen LogP contribution in [0.1, 0.15) is 47.6 Å². The molecule has 1 amide bonds. The van der Waals surface area contributed by atoms with Gasteiger partial charge in [-0.15, -0.1) is 0 Å². The lowest BCUT2D eigenvalue weighted by Crippen LogP contribution is -2.91. The number of aryl methyl sites for hydroxylation is 1. The van der Waals surface area contributed by atoms with Crippen LogP contribution in [0.2, 0.25) is 0 Å². The number of nitrogens with two attached hydrogens (primary N) is 2. The summed E-state index contributed by atoms with van der Waals surface area (Å²) >= 11 is 0. The summed E-state index contributed by atoms with van der Waals surface area (Å²) in [6.45, 7) is 7.13. The fourth-order valence-corrected chi connectivity index (χ4v) is 6.18. The predicted octanol–water partition coefficient (Wildman–Crippen LogP) is 1.26. The summed E-state index contributed by atoms with van der Waals surface area (Å²) in [6, 6.07) is 17.6. The van der Waals surface area contributed by atoms with Gasteiger partial charge < -0.3 is 15.5 Å². The minimum absolute atomic E-state index is 0.0324. The molecule has 3 aliphatic heterocycles. The first kappa shape index (κ1) is 18.8. The van der Waals surface area contributed by atoms with Gasteiger partial charge >= 0.3 is 0 Å². The smallest absolute Gasteiger partial charge is 0.233 e. The number of carbonyl (C=O) groups is 1. The second-order valence-corrected chi connectivity index (χ2v) is 9.19. The van der Waals surface area contributed by atoms with Crippen LogP contribution in [0, 0.1) is 12.8 Å². The van der Waals surface area contributed by atoms with Crippen molar-refractivity contribution in [2.45, 2.75) is 44.2 Å². The summed E-state index contributed by atoms with van der Waals surface area (Å²) in [5, 5.41) is 4.81. The van der Waals surface area contributed by atoms with Crippen molar-refractivity contribution >= 4 is 5.91 Å². The Hall–Kier alpha value is -2.17. The van der Waals surface area contributed by atoms with Crippen LogP contribution in [0.3, 0.4) is 0 Å². The van der Waals surface area contributed by atoms with Crippen LogP contribution in [0.4, 0.5) is 0 Å². The van der Waals surface area contributed by atoms with Gasteiger partial charge in [0.2, 0.25) is 5.91 Å². The molecule has 2 fully saturated rings. The zero-order valence-electron chi connectivity index (χ0n) is 17.4. The molecule has 0 radical (unpaired) electrons. The average Bonchev–Trinajstić information content (AvgIpc) is 3.19. The first-order chi connectivity index (χ1) is 14.2. The van der Waals surface area contributed by atoms with Crippen molar-refractivity contribution in [3.63, 3.8) is 0 Å². The molecule has 0 unspecified atom stereocenters. The number of fused-ring (bicyclic) bond motifs is 2. The zero-order chi connectivity index (χ0) is 19.8. The highest BCUT2D eigenvalue weighted by Crippen LogP contribution is 2.40. The van der Waals surface area contributed by atoms with E-state index in [2.05, 4.69) is 71.0 Å². The quantitative estimate of drug-likeness (QED) is 0.796. The summed E-state index contributed by atoms with van der Waals surface area (Å²) in [5.74, 6) is 0.457. The van der Waals surface area contributed by atoms with Crippen molar-refractivity contribution in [3.8, 4) is 0 Å². The molecule has 2 saturated heterocycles. The molecule has 0 aromatic heterocycles. The van der Waals surface area contributed by atoms with E-state index in [4.69, 9.17) is 0 Å². The second-order valence-electron chi connectivity index (χ2n) is 9.19. The van der Waals surface area contributed by atoms with Crippen LogP contribution in [0.25, 0.3) is 0 Å². The highest BCUT2D eigenvalue weighted by atomic mass is 16.2. The molecular weight excluding hydrogens is 358 g/mol. The number of hydrogen-bond acceptors (Lipinski definition) is 1. The van der Waals surface area contributed by atoms with Crippen molar-refractivity contribution in [3.05, 3.63) is 70.8 Å². The first-order valence-electron chi connectivity index (χ1n) is 11.3. The molecule has 152 valence electrons. The van der Waals surface area contributed by atoms with Crippen molar-refractivity contribution in [1.29, 1.82) is 0 Å². The molecule has 5 rings (SSSR count). The van der Waals surface area contributed by atoms with Gasteiger partial charge in [-0.3, -0.25) is 4.79 Å². The molecule has 3 heterocycles. The number of quaternary nitrogens is 2. The van der Waals surface area contributed by atoms with E-state index in [0.717, 1.165) is 45.6 Å². The Bertz CT molecular complexity index is 896. The Labute approximate surface area is 173 Å². The molecule has 1 spiro atoms. The highest BCUT2D eigenvalue weighted by molar-refractivity contribution is 5.82. The topological polar surface area (TPSA) is 53.5 Å².